The van der Waals surface area contributed by atoms with Crippen LogP contribution in [0.2, 0.25) is 0 Å². The molecule has 0 fully saturated rings. The number of carbonyl (C=O) groups excluding carboxylic acids is 1. The molecule has 0 unspecified atom stereocenters. The lowest BCUT2D eigenvalue weighted by Gasteiger charge is -2.17. The Kier molecular flexibility index (Phi) is 5.38. The van der Waals surface area contributed by atoms with Gasteiger partial charge in [0.25, 0.3) is 15.0 Å². The molecule has 0 heterocycles. The van der Waals surface area contributed by atoms with Crippen LogP contribution in [0.4, 0.5) is 0 Å². The number of hydrogen-bond acceptors (Lipinski definition) is 3. The van der Waals surface area contributed by atoms with Crippen molar-refractivity contribution in [3.8, 4) is 0 Å². The number of halogens is 1. The highest BCUT2D eigenvalue weighted by molar-refractivity contribution is 8.13. The topological polar surface area (TPSA) is 54.5 Å². The maximum absolute atomic E-state index is 12.2. The van der Waals surface area contributed by atoms with Crippen molar-refractivity contribution in [1.82, 2.24) is 4.90 Å². The fourth-order valence-corrected chi connectivity index (χ4v) is 2.59. The minimum atomic E-state index is -3.82. The predicted molar refractivity (Wildman–Crippen MR) is 76.1 cm³/mol. The maximum Gasteiger partial charge on any atom is 0.261 e. The number of rotatable bonds is 5. The normalized spacial score (nSPS) is 11.4. The number of benzene rings is 1. The molecule has 0 N–H and O–H groups in total. The molecule has 1 amide bonds. The fourth-order valence-electron chi connectivity index (χ4n) is 1.73. The first-order valence-corrected chi connectivity index (χ1v) is 8.38. The van der Waals surface area contributed by atoms with Gasteiger partial charge in [-0.1, -0.05) is 13.3 Å². The van der Waals surface area contributed by atoms with Gasteiger partial charge in [0, 0.05) is 29.8 Å². The van der Waals surface area contributed by atoms with Gasteiger partial charge < -0.3 is 4.90 Å². The summed E-state index contributed by atoms with van der Waals surface area (Å²) in [6, 6.07) is 4.43. The Morgan fingerprint density at radius 3 is 2.47 bits per heavy atom. The zero-order valence-electron chi connectivity index (χ0n) is 11.3. The van der Waals surface area contributed by atoms with Gasteiger partial charge in [0.15, 0.2) is 0 Å². The van der Waals surface area contributed by atoms with E-state index in [1.54, 1.807) is 24.9 Å². The highest BCUT2D eigenvalue weighted by atomic mass is 35.7. The van der Waals surface area contributed by atoms with Crippen LogP contribution in [0.5, 0.6) is 0 Å². The van der Waals surface area contributed by atoms with E-state index >= 15 is 0 Å². The van der Waals surface area contributed by atoms with E-state index in [9.17, 15) is 13.2 Å². The van der Waals surface area contributed by atoms with Crippen LogP contribution >= 0.6 is 10.7 Å². The summed E-state index contributed by atoms with van der Waals surface area (Å²) in [5.41, 5.74) is 1.03. The second-order valence-electron chi connectivity index (χ2n) is 4.55. The van der Waals surface area contributed by atoms with Crippen LogP contribution in [0.1, 0.15) is 35.7 Å². The molecule has 0 radical (unpaired) electrons. The summed E-state index contributed by atoms with van der Waals surface area (Å²) in [6.07, 6.45) is 1.90. The van der Waals surface area contributed by atoms with Crippen LogP contribution < -0.4 is 0 Å². The Balaban J connectivity index is 3.07. The van der Waals surface area contributed by atoms with Crippen molar-refractivity contribution in [3.63, 3.8) is 0 Å². The molecular formula is C13H18ClNO3S. The van der Waals surface area contributed by atoms with Crippen molar-refractivity contribution >= 4 is 25.6 Å². The molecule has 1 aromatic rings. The number of aryl methyl sites for hydroxylation is 1. The number of unbranched alkanes of at least 4 members (excludes halogenated alkanes) is 1. The lowest BCUT2D eigenvalue weighted by molar-refractivity contribution is 0.0793. The Hall–Kier alpha value is -1.07. The molecule has 0 atom stereocenters. The zero-order valence-corrected chi connectivity index (χ0v) is 12.9. The number of nitrogens with zero attached hydrogens (tertiary/aromatic N) is 1. The molecule has 0 saturated carbocycles. The van der Waals surface area contributed by atoms with E-state index in [0.717, 1.165) is 12.8 Å². The molecule has 0 aromatic heterocycles. The monoisotopic (exact) mass is 303 g/mol. The molecule has 19 heavy (non-hydrogen) atoms. The molecule has 0 aliphatic carbocycles. The van der Waals surface area contributed by atoms with Gasteiger partial charge in [-0.25, -0.2) is 8.42 Å². The Bertz CT molecular complexity index is 569. The maximum atomic E-state index is 12.2. The van der Waals surface area contributed by atoms with Crippen molar-refractivity contribution in [2.75, 3.05) is 13.6 Å². The third-order valence-electron chi connectivity index (χ3n) is 2.77. The van der Waals surface area contributed by atoms with Crippen LogP contribution in [0.3, 0.4) is 0 Å². The van der Waals surface area contributed by atoms with E-state index in [2.05, 4.69) is 0 Å². The zero-order chi connectivity index (χ0) is 14.6. The quantitative estimate of drug-likeness (QED) is 0.786. The average Bonchev–Trinajstić information content (AvgIpc) is 2.33. The van der Waals surface area contributed by atoms with Gasteiger partial charge >= 0.3 is 0 Å². The first-order valence-electron chi connectivity index (χ1n) is 6.07. The van der Waals surface area contributed by atoms with Crippen molar-refractivity contribution in [2.45, 2.75) is 31.6 Å². The highest BCUT2D eigenvalue weighted by Crippen LogP contribution is 2.19. The van der Waals surface area contributed by atoms with E-state index in [0.29, 0.717) is 17.7 Å². The van der Waals surface area contributed by atoms with Crippen molar-refractivity contribution in [1.29, 1.82) is 0 Å². The lowest BCUT2D eigenvalue weighted by Crippen LogP contribution is -2.27. The summed E-state index contributed by atoms with van der Waals surface area (Å²) in [7, 11) is 3.20. The molecule has 106 valence electrons. The first kappa shape index (κ1) is 16.0. The summed E-state index contributed by atoms with van der Waals surface area (Å²) in [6.45, 7) is 4.42. The van der Waals surface area contributed by atoms with Crippen LogP contribution in [0.25, 0.3) is 0 Å². The van der Waals surface area contributed by atoms with Crippen molar-refractivity contribution < 1.29 is 13.2 Å². The number of amides is 1. The van der Waals surface area contributed by atoms with Gasteiger partial charge in [0.2, 0.25) is 0 Å². The summed E-state index contributed by atoms with van der Waals surface area (Å²) in [5, 5.41) is 0. The highest BCUT2D eigenvalue weighted by Gasteiger charge is 2.17. The van der Waals surface area contributed by atoms with E-state index < -0.39 is 9.05 Å². The number of hydrogen-bond donors (Lipinski definition) is 0. The van der Waals surface area contributed by atoms with Crippen molar-refractivity contribution in [3.05, 3.63) is 29.3 Å². The SMILES string of the molecule is CCCCN(C)C(=O)c1cc(C)cc(S(=O)(=O)Cl)c1. The molecule has 4 nitrogen and oxygen atoms in total. The summed E-state index contributed by atoms with van der Waals surface area (Å²) < 4.78 is 22.7. The molecule has 6 heteroatoms. The van der Waals surface area contributed by atoms with Crippen LogP contribution in [-0.2, 0) is 9.05 Å². The molecule has 0 saturated heterocycles. The summed E-state index contributed by atoms with van der Waals surface area (Å²) >= 11 is 0. The second kappa shape index (κ2) is 6.39. The standard InChI is InChI=1S/C13H18ClNO3S/c1-4-5-6-15(3)13(16)11-7-10(2)8-12(9-11)19(14,17)18/h7-9H,4-6H2,1-3H3. The van der Waals surface area contributed by atoms with Crippen LogP contribution in [0.15, 0.2) is 23.1 Å². The number of carbonyl (C=O) groups is 1. The van der Waals surface area contributed by atoms with E-state index in [-0.39, 0.29) is 10.8 Å². The Morgan fingerprint density at radius 2 is 1.95 bits per heavy atom. The predicted octanol–water partition coefficient (Wildman–Crippen LogP) is 2.79. The van der Waals surface area contributed by atoms with Crippen LogP contribution in [-0.4, -0.2) is 32.8 Å². The minimum Gasteiger partial charge on any atom is -0.342 e. The van der Waals surface area contributed by atoms with Crippen molar-refractivity contribution in [2.24, 2.45) is 0 Å². The Morgan fingerprint density at radius 1 is 1.32 bits per heavy atom. The second-order valence-corrected chi connectivity index (χ2v) is 7.12. The van der Waals surface area contributed by atoms with Gasteiger partial charge in [-0.2, -0.15) is 0 Å². The first-order chi connectivity index (χ1) is 8.75. The van der Waals surface area contributed by atoms with Gasteiger partial charge in [-0.05, 0) is 37.1 Å². The van der Waals surface area contributed by atoms with E-state index in [1.807, 2.05) is 6.92 Å². The van der Waals surface area contributed by atoms with Crippen LogP contribution in [0, 0.1) is 6.92 Å². The van der Waals surface area contributed by atoms with Gasteiger partial charge in [-0.3, -0.25) is 4.79 Å². The largest absolute Gasteiger partial charge is 0.342 e. The summed E-state index contributed by atoms with van der Waals surface area (Å²) in [4.78, 5) is 13.7. The molecule has 1 aromatic carbocycles. The smallest absolute Gasteiger partial charge is 0.261 e. The van der Waals surface area contributed by atoms with E-state index in [1.165, 1.54) is 12.1 Å². The van der Waals surface area contributed by atoms with Gasteiger partial charge in [0.1, 0.15) is 0 Å². The third-order valence-corrected chi connectivity index (χ3v) is 4.11. The average molecular weight is 304 g/mol. The van der Waals surface area contributed by atoms with E-state index in [4.69, 9.17) is 10.7 Å². The van der Waals surface area contributed by atoms with Gasteiger partial charge in [-0.15, -0.1) is 0 Å². The molecule has 0 spiro atoms. The van der Waals surface area contributed by atoms with Gasteiger partial charge in [0.05, 0.1) is 4.90 Å². The molecule has 0 bridgehead atoms. The fraction of sp³-hybridized carbons (Fsp3) is 0.462. The summed E-state index contributed by atoms with van der Waals surface area (Å²) in [5.74, 6) is -0.196. The Labute approximate surface area is 118 Å². The molecule has 1 rings (SSSR count). The lowest BCUT2D eigenvalue weighted by atomic mass is 10.1. The minimum absolute atomic E-state index is 0.0404. The third kappa shape index (κ3) is 4.51. The molecule has 0 aliphatic rings. The molecule has 0 aliphatic heterocycles. The molecular weight excluding hydrogens is 286 g/mol.